The highest BCUT2D eigenvalue weighted by molar-refractivity contribution is 7.15. The molecular formula is C28H24N6OS. The number of pyridine rings is 1. The molecular weight excluding hydrogens is 468 g/mol. The summed E-state index contributed by atoms with van der Waals surface area (Å²) in [6.07, 6.45) is 5.08. The monoisotopic (exact) mass is 492 g/mol. The van der Waals surface area contributed by atoms with Gasteiger partial charge < -0.3 is 16.0 Å². The Hall–Kier alpha value is -4.30. The molecule has 1 unspecified atom stereocenters. The number of benzene rings is 2. The molecule has 3 aromatic heterocycles. The number of nitrogens with one attached hydrogen (secondary N) is 1. The molecule has 0 spiro atoms. The van der Waals surface area contributed by atoms with Crippen LogP contribution in [0.5, 0.6) is 0 Å². The Morgan fingerprint density at radius 2 is 1.92 bits per heavy atom. The number of anilines is 2. The molecule has 7 nitrogen and oxygen atoms in total. The topological polar surface area (TPSA) is 97.0 Å². The molecule has 0 radical (unpaired) electrons. The molecule has 0 saturated carbocycles. The minimum Gasteiger partial charge on any atom is -0.383 e. The molecule has 0 bridgehead atoms. The molecule has 0 aliphatic carbocycles. The average molecular weight is 493 g/mol. The van der Waals surface area contributed by atoms with Crippen LogP contribution in [-0.4, -0.2) is 32.8 Å². The van der Waals surface area contributed by atoms with Gasteiger partial charge in [-0.25, -0.2) is 15.0 Å². The summed E-state index contributed by atoms with van der Waals surface area (Å²) in [4.78, 5) is 29.2. The van der Waals surface area contributed by atoms with Gasteiger partial charge in [-0.15, -0.1) is 11.3 Å². The van der Waals surface area contributed by atoms with Gasteiger partial charge in [-0.2, -0.15) is 0 Å². The number of nitrogens with two attached hydrogens (primary N) is 1. The van der Waals surface area contributed by atoms with Crippen molar-refractivity contribution in [1.29, 1.82) is 0 Å². The number of fused-ring (bicyclic) bond motifs is 2. The number of nitrogen functional groups attached to an aromatic ring is 1. The highest BCUT2D eigenvalue weighted by atomic mass is 32.1. The third kappa shape index (κ3) is 4.05. The van der Waals surface area contributed by atoms with Crippen LogP contribution in [0.1, 0.15) is 27.6 Å². The lowest BCUT2D eigenvalue weighted by molar-refractivity contribution is -0.119. The molecule has 0 saturated heterocycles. The molecule has 4 heterocycles. The van der Waals surface area contributed by atoms with Gasteiger partial charge in [-0.05, 0) is 53.4 Å². The molecule has 2 aromatic carbocycles. The van der Waals surface area contributed by atoms with E-state index in [-0.39, 0.29) is 6.04 Å². The first kappa shape index (κ1) is 22.2. The number of carbonyl (C=O) groups is 1. The summed E-state index contributed by atoms with van der Waals surface area (Å²) in [7, 11) is 0. The van der Waals surface area contributed by atoms with Crippen LogP contribution >= 0.6 is 11.3 Å². The summed E-state index contributed by atoms with van der Waals surface area (Å²) in [6.45, 7) is 1.32. The highest BCUT2D eigenvalue weighted by Crippen LogP contribution is 2.37. The lowest BCUT2D eigenvalue weighted by Gasteiger charge is -2.35. The lowest BCUT2D eigenvalue weighted by atomic mass is 9.88. The fraction of sp³-hybridized carbons (Fsp3) is 0.143. The molecule has 8 heteroatoms. The van der Waals surface area contributed by atoms with Gasteiger partial charge in [0.1, 0.15) is 18.0 Å². The number of amides is 1. The first-order valence-electron chi connectivity index (χ1n) is 11.8. The Kier molecular flexibility index (Phi) is 5.79. The van der Waals surface area contributed by atoms with Crippen molar-refractivity contribution >= 4 is 40.3 Å². The quantitative estimate of drug-likeness (QED) is 0.322. The summed E-state index contributed by atoms with van der Waals surface area (Å²) < 4.78 is 0. The predicted molar refractivity (Wildman–Crippen MR) is 144 cm³/mol. The van der Waals surface area contributed by atoms with Gasteiger partial charge in [-0.1, -0.05) is 36.4 Å². The predicted octanol–water partition coefficient (Wildman–Crippen LogP) is 5.05. The molecule has 36 heavy (non-hydrogen) atoms. The van der Waals surface area contributed by atoms with Crippen LogP contribution in [0.2, 0.25) is 0 Å². The minimum absolute atomic E-state index is 0.159. The molecule has 0 fully saturated rings. The summed E-state index contributed by atoms with van der Waals surface area (Å²) in [5.41, 5.74) is 11.4. The second-order valence-electron chi connectivity index (χ2n) is 8.75. The average Bonchev–Trinajstić information content (AvgIpc) is 3.41. The Morgan fingerprint density at radius 3 is 2.83 bits per heavy atom. The maximum Gasteiger partial charge on any atom is 0.210 e. The van der Waals surface area contributed by atoms with E-state index >= 15 is 0 Å². The van der Waals surface area contributed by atoms with Gasteiger partial charge in [0.15, 0.2) is 0 Å². The fourth-order valence-electron chi connectivity index (χ4n) is 4.86. The van der Waals surface area contributed by atoms with Crippen LogP contribution in [0.15, 0.2) is 79.3 Å². The van der Waals surface area contributed by atoms with E-state index in [0.29, 0.717) is 18.9 Å². The second-order valence-corrected chi connectivity index (χ2v) is 9.91. The lowest BCUT2D eigenvalue weighted by Crippen LogP contribution is -2.35. The van der Waals surface area contributed by atoms with Crippen LogP contribution < -0.4 is 11.1 Å². The summed E-state index contributed by atoms with van der Waals surface area (Å²) in [5.74, 6) is 1.27. The zero-order valence-corrected chi connectivity index (χ0v) is 20.3. The van der Waals surface area contributed by atoms with Crippen LogP contribution in [0.3, 0.4) is 0 Å². The van der Waals surface area contributed by atoms with E-state index in [0.717, 1.165) is 51.1 Å². The third-order valence-electron chi connectivity index (χ3n) is 6.63. The van der Waals surface area contributed by atoms with Crippen LogP contribution in [0.25, 0.3) is 21.3 Å². The number of aromatic nitrogens is 3. The Morgan fingerprint density at radius 1 is 1.03 bits per heavy atom. The first-order chi connectivity index (χ1) is 17.7. The largest absolute Gasteiger partial charge is 0.383 e. The molecule has 178 valence electrons. The Labute approximate surface area is 212 Å². The number of hydrogen-bond acceptors (Lipinski definition) is 7. The molecule has 1 aliphatic heterocycles. The van der Waals surface area contributed by atoms with Crippen molar-refractivity contribution in [1.82, 2.24) is 19.9 Å². The van der Waals surface area contributed by atoms with Crippen molar-refractivity contribution in [2.75, 3.05) is 17.6 Å². The van der Waals surface area contributed by atoms with Gasteiger partial charge in [0, 0.05) is 33.4 Å². The van der Waals surface area contributed by atoms with Crippen LogP contribution in [0.4, 0.5) is 11.6 Å². The summed E-state index contributed by atoms with van der Waals surface area (Å²) in [6, 6.07) is 22.5. The number of carbonyl (C=O) groups excluding carboxylic acids is 1. The number of thiophene rings is 1. The van der Waals surface area contributed by atoms with Crippen molar-refractivity contribution in [3.8, 4) is 10.4 Å². The number of nitrogens with zero attached hydrogens (tertiary/aromatic N) is 4. The maximum absolute atomic E-state index is 12.0. The van der Waals surface area contributed by atoms with Crippen LogP contribution in [-0.2, 0) is 17.8 Å². The molecule has 6 rings (SSSR count). The van der Waals surface area contributed by atoms with Crippen molar-refractivity contribution in [2.24, 2.45) is 0 Å². The van der Waals surface area contributed by atoms with Crippen molar-refractivity contribution < 1.29 is 4.79 Å². The smallest absolute Gasteiger partial charge is 0.210 e. The molecule has 5 aromatic rings. The third-order valence-corrected chi connectivity index (χ3v) is 7.77. The van der Waals surface area contributed by atoms with Gasteiger partial charge in [0.2, 0.25) is 6.41 Å². The fourth-order valence-corrected chi connectivity index (χ4v) is 5.80. The van der Waals surface area contributed by atoms with E-state index in [2.05, 4.69) is 62.7 Å². The van der Waals surface area contributed by atoms with Crippen molar-refractivity contribution in [3.05, 3.63) is 101 Å². The Balaban J connectivity index is 1.26. The van der Waals surface area contributed by atoms with E-state index in [9.17, 15) is 4.79 Å². The van der Waals surface area contributed by atoms with Gasteiger partial charge in [-0.3, -0.25) is 4.79 Å². The standard InChI is InChI=1S/C28H24N6OS/c29-27-23-14-19(7-9-24(23)32-16-33-27)25-10-8-20(36-25)15-31-28-22(6-3-12-30-28)26-21-5-2-1-4-18(21)11-13-34(26)17-35/h1-10,12,14,16-17,26H,11,13,15H2,(H,30,31)(H2,29,32,33). The molecule has 3 N–H and O–H groups in total. The Bertz CT molecular complexity index is 1570. The first-order valence-corrected chi connectivity index (χ1v) is 12.6. The normalized spacial score (nSPS) is 15.0. The maximum atomic E-state index is 12.0. The van der Waals surface area contributed by atoms with Gasteiger partial charge >= 0.3 is 0 Å². The number of hydrogen-bond donors (Lipinski definition) is 2. The summed E-state index contributed by atoms with van der Waals surface area (Å²) >= 11 is 1.72. The van der Waals surface area contributed by atoms with E-state index in [1.165, 1.54) is 16.8 Å². The second kappa shape index (κ2) is 9.39. The zero-order valence-electron chi connectivity index (χ0n) is 19.5. The minimum atomic E-state index is -0.159. The zero-order chi connectivity index (χ0) is 24.5. The van der Waals surface area contributed by atoms with E-state index in [1.807, 2.05) is 29.2 Å². The SMILES string of the molecule is Nc1ncnc2ccc(-c3ccc(CNc4ncccc4C4c5ccccc5CCN4C=O)s3)cc12. The van der Waals surface area contributed by atoms with Crippen molar-refractivity contribution in [3.63, 3.8) is 0 Å². The van der Waals surface area contributed by atoms with Crippen LogP contribution in [0, 0.1) is 0 Å². The van der Waals surface area contributed by atoms with E-state index in [1.54, 1.807) is 17.5 Å². The summed E-state index contributed by atoms with van der Waals surface area (Å²) in [5, 5.41) is 4.38. The van der Waals surface area contributed by atoms with E-state index in [4.69, 9.17) is 5.73 Å². The van der Waals surface area contributed by atoms with Crippen molar-refractivity contribution in [2.45, 2.75) is 19.0 Å². The van der Waals surface area contributed by atoms with Gasteiger partial charge in [0.25, 0.3) is 0 Å². The van der Waals surface area contributed by atoms with E-state index < -0.39 is 0 Å². The number of rotatable bonds is 6. The highest BCUT2D eigenvalue weighted by Gasteiger charge is 2.29. The molecule has 1 atom stereocenters. The molecule has 1 aliphatic rings. The van der Waals surface area contributed by atoms with Gasteiger partial charge in [0.05, 0.1) is 18.1 Å². The molecule has 1 amide bonds.